The van der Waals surface area contributed by atoms with Crippen molar-refractivity contribution in [3.8, 4) is 6.07 Å². The summed E-state index contributed by atoms with van der Waals surface area (Å²) in [7, 11) is -3.67. The zero-order valence-corrected chi connectivity index (χ0v) is 13.7. The molecular weight excluding hydrogens is 310 g/mol. The fourth-order valence-electron chi connectivity index (χ4n) is 2.56. The van der Waals surface area contributed by atoms with Gasteiger partial charge in [0.25, 0.3) is 0 Å². The average molecular weight is 328 g/mol. The maximum Gasteiger partial charge on any atom is 0.244 e. The summed E-state index contributed by atoms with van der Waals surface area (Å²) in [4.78, 5) is 2.25. The molecule has 1 aromatic carbocycles. The monoisotopic (exact) mass is 327 g/mol. The van der Waals surface area contributed by atoms with Crippen LogP contribution in [0.4, 0.5) is 0 Å². The Balaban J connectivity index is 2.33. The Morgan fingerprint density at radius 3 is 2.71 bits per heavy atom. The van der Waals surface area contributed by atoms with Gasteiger partial charge in [-0.25, -0.2) is 8.42 Å². The van der Waals surface area contributed by atoms with Crippen LogP contribution in [0.15, 0.2) is 23.1 Å². The van der Waals surface area contributed by atoms with Crippen molar-refractivity contribution in [1.82, 2.24) is 9.21 Å². The molecule has 0 spiro atoms. The molecule has 0 amide bonds. The van der Waals surface area contributed by atoms with Crippen LogP contribution < -0.4 is 0 Å². The van der Waals surface area contributed by atoms with Crippen LogP contribution in [0.2, 0.25) is 5.02 Å². The van der Waals surface area contributed by atoms with E-state index in [1.807, 2.05) is 13.0 Å². The van der Waals surface area contributed by atoms with Crippen LogP contribution in [0, 0.1) is 11.3 Å². The molecule has 1 unspecified atom stereocenters. The maximum atomic E-state index is 12.7. The average Bonchev–Trinajstić information content (AvgIpc) is 2.47. The lowest BCUT2D eigenvalue weighted by Gasteiger charge is -2.38. The van der Waals surface area contributed by atoms with Crippen LogP contribution in [0.5, 0.6) is 0 Å². The number of piperazine rings is 1. The van der Waals surface area contributed by atoms with Gasteiger partial charge in [-0.2, -0.15) is 9.57 Å². The lowest BCUT2D eigenvalue weighted by atomic mass is 10.2. The minimum absolute atomic E-state index is 0.0142. The van der Waals surface area contributed by atoms with E-state index in [1.54, 1.807) is 0 Å². The van der Waals surface area contributed by atoms with E-state index >= 15 is 0 Å². The van der Waals surface area contributed by atoms with E-state index in [1.165, 1.54) is 22.5 Å². The zero-order chi connectivity index (χ0) is 15.6. The molecule has 1 aromatic rings. The summed E-state index contributed by atoms with van der Waals surface area (Å²) >= 11 is 6.02. The van der Waals surface area contributed by atoms with E-state index in [2.05, 4.69) is 11.8 Å². The topological polar surface area (TPSA) is 64.4 Å². The molecule has 0 aliphatic carbocycles. The van der Waals surface area contributed by atoms with E-state index in [4.69, 9.17) is 16.9 Å². The number of hydrogen-bond acceptors (Lipinski definition) is 4. The van der Waals surface area contributed by atoms with Gasteiger partial charge < -0.3 is 0 Å². The van der Waals surface area contributed by atoms with Crippen LogP contribution in [0.1, 0.15) is 19.4 Å². The largest absolute Gasteiger partial charge is 0.298 e. The molecule has 2 rings (SSSR count). The zero-order valence-electron chi connectivity index (χ0n) is 12.1. The Labute approximate surface area is 130 Å². The Kier molecular flexibility index (Phi) is 4.89. The Hall–Kier alpha value is -1.13. The first-order chi connectivity index (χ1) is 9.90. The molecule has 7 heteroatoms. The molecule has 1 heterocycles. The molecule has 114 valence electrons. The summed E-state index contributed by atoms with van der Waals surface area (Å²) in [5, 5.41) is 9.08. The molecule has 1 aliphatic heterocycles. The van der Waals surface area contributed by atoms with E-state index in [0.717, 1.165) is 6.54 Å². The third-order valence-corrected chi connectivity index (χ3v) is 6.16. The van der Waals surface area contributed by atoms with Gasteiger partial charge in [0.15, 0.2) is 0 Å². The first kappa shape index (κ1) is 16.2. The standard InChI is InChI=1S/C14H18ClN3O2S/c1-3-17-6-7-18(10-11(17)2)21(19,20)14-8-12(9-16)4-5-13(14)15/h4-5,8,11H,3,6-7,10H2,1-2H3. The lowest BCUT2D eigenvalue weighted by molar-refractivity contribution is 0.135. The van der Waals surface area contributed by atoms with Gasteiger partial charge in [0, 0.05) is 25.7 Å². The summed E-state index contributed by atoms with van der Waals surface area (Å²) in [6.07, 6.45) is 0. The molecule has 5 nitrogen and oxygen atoms in total. The first-order valence-corrected chi connectivity index (χ1v) is 8.65. The summed E-state index contributed by atoms with van der Waals surface area (Å²) in [5.74, 6) is 0. The number of halogens is 1. The van der Waals surface area contributed by atoms with Crippen molar-refractivity contribution >= 4 is 21.6 Å². The third-order valence-electron chi connectivity index (χ3n) is 3.81. The smallest absolute Gasteiger partial charge is 0.244 e. The highest BCUT2D eigenvalue weighted by Crippen LogP contribution is 2.27. The fourth-order valence-corrected chi connectivity index (χ4v) is 4.57. The normalized spacial score (nSPS) is 21.1. The minimum Gasteiger partial charge on any atom is -0.298 e. The highest BCUT2D eigenvalue weighted by molar-refractivity contribution is 7.89. The summed E-state index contributed by atoms with van der Waals surface area (Å²) in [5.41, 5.74) is 0.290. The van der Waals surface area contributed by atoms with Gasteiger partial charge in [0.05, 0.1) is 16.7 Å². The Morgan fingerprint density at radius 2 is 2.14 bits per heavy atom. The van der Waals surface area contributed by atoms with Crippen molar-refractivity contribution in [3.63, 3.8) is 0 Å². The third kappa shape index (κ3) is 3.22. The van der Waals surface area contributed by atoms with Crippen LogP contribution in [-0.2, 0) is 10.0 Å². The lowest BCUT2D eigenvalue weighted by Crippen LogP contribution is -2.53. The highest BCUT2D eigenvalue weighted by atomic mass is 35.5. The molecule has 0 radical (unpaired) electrons. The van der Waals surface area contributed by atoms with Crippen molar-refractivity contribution in [3.05, 3.63) is 28.8 Å². The molecule has 21 heavy (non-hydrogen) atoms. The van der Waals surface area contributed by atoms with Crippen molar-refractivity contribution < 1.29 is 8.42 Å². The molecule has 0 aromatic heterocycles. The van der Waals surface area contributed by atoms with Gasteiger partial charge in [-0.1, -0.05) is 18.5 Å². The molecule has 0 N–H and O–H groups in total. The number of nitrogens with zero attached hydrogens (tertiary/aromatic N) is 3. The Morgan fingerprint density at radius 1 is 1.43 bits per heavy atom. The van der Waals surface area contributed by atoms with Crippen LogP contribution in [0.25, 0.3) is 0 Å². The maximum absolute atomic E-state index is 12.7. The molecule has 0 bridgehead atoms. The molecule has 1 saturated heterocycles. The molecule has 1 aliphatic rings. The number of hydrogen-bond donors (Lipinski definition) is 0. The summed E-state index contributed by atoms with van der Waals surface area (Å²) in [6.45, 7) is 6.55. The quantitative estimate of drug-likeness (QED) is 0.851. The van der Waals surface area contributed by atoms with E-state index in [0.29, 0.717) is 25.2 Å². The second-order valence-electron chi connectivity index (χ2n) is 5.10. The molecule has 1 atom stereocenters. The number of sulfonamides is 1. The fraction of sp³-hybridized carbons (Fsp3) is 0.500. The van der Waals surface area contributed by atoms with Gasteiger partial charge in [0.1, 0.15) is 4.90 Å². The minimum atomic E-state index is -3.67. The van der Waals surface area contributed by atoms with Gasteiger partial charge in [-0.3, -0.25) is 4.90 Å². The van der Waals surface area contributed by atoms with Crippen molar-refractivity contribution in [2.24, 2.45) is 0 Å². The van der Waals surface area contributed by atoms with E-state index in [-0.39, 0.29) is 16.0 Å². The van der Waals surface area contributed by atoms with Gasteiger partial charge in [0.2, 0.25) is 10.0 Å². The summed E-state index contributed by atoms with van der Waals surface area (Å²) < 4.78 is 26.9. The predicted molar refractivity (Wildman–Crippen MR) is 81.6 cm³/mol. The van der Waals surface area contributed by atoms with Crippen LogP contribution >= 0.6 is 11.6 Å². The van der Waals surface area contributed by atoms with Gasteiger partial charge in [-0.05, 0) is 31.7 Å². The van der Waals surface area contributed by atoms with Crippen LogP contribution in [-0.4, -0.2) is 49.8 Å². The van der Waals surface area contributed by atoms with Crippen molar-refractivity contribution in [2.75, 3.05) is 26.2 Å². The molecule has 1 fully saturated rings. The molecular formula is C14H18ClN3O2S. The van der Waals surface area contributed by atoms with E-state index in [9.17, 15) is 8.42 Å². The summed E-state index contributed by atoms with van der Waals surface area (Å²) in [6, 6.07) is 6.42. The van der Waals surface area contributed by atoms with Crippen LogP contribution in [0.3, 0.4) is 0 Å². The second kappa shape index (κ2) is 6.32. The second-order valence-corrected chi connectivity index (χ2v) is 7.41. The molecule has 0 saturated carbocycles. The Bertz CT molecular complexity index is 669. The van der Waals surface area contributed by atoms with E-state index < -0.39 is 10.0 Å². The SMILES string of the molecule is CCN1CCN(S(=O)(=O)c2cc(C#N)ccc2Cl)CC1C. The predicted octanol–water partition coefficient (Wildman–Crippen LogP) is 1.93. The van der Waals surface area contributed by atoms with Gasteiger partial charge in [-0.15, -0.1) is 0 Å². The number of rotatable bonds is 3. The number of benzene rings is 1. The van der Waals surface area contributed by atoms with Crippen molar-refractivity contribution in [2.45, 2.75) is 24.8 Å². The van der Waals surface area contributed by atoms with Crippen molar-refractivity contribution in [1.29, 1.82) is 5.26 Å². The van der Waals surface area contributed by atoms with Gasteiger partial charge >= 0.3 is 0 Å². The number of nitriles is 1. The first-order valence-electron chi connectivity index (χ1n) is 6.84. The highest BCUT2D eigenvalue weighted by Gasteiger charge is 2.32. The number of likely N-dealkylation sites (N-methyl/N-ethyl adjacent to an activating group) is 1.